The summed E-state index contributed by atoms with van der Waals surface area (Å²) in [5.41, 5.74) is -0.830. The molecule has 0 aromatic heterocycles. The van der Waals surface area contributed by atoms with Crippen LogP contribution in [0.2, 0.25) is 0 Å². The van der Waals surface area contributed by atoms with Gasteiger partial charge in [-0.3, -0.25) is 4.79 Å². The van der Waals surface area contributed by atoms with Gasteiger partial charge in [-0.05, 0) is 27.2 Å². The maximum Gasteiger partial charge on any atom is 0.321 e. The van der Waals surface area contributed by atoms with Gasteiger partial charge in [-0.25, -0.2) is 13.6 Å². The van der Waals surface area contributed by atoms with Gasteiger partial charge in [-0.1, -0.05) is 0 Å². The van der Waals surface area contributed by atoms with Gasteiger partial charge in [-0.15, -0.1) is 0 Å². The van der Waals surface area contributed by atoms with Gasteiger partial charge in [0.25, 0.3) is 0 Å². The minimum Gasteiger partial charge on any atom is -0.482 e. The van der Waals surface area contributed by atoms with E-state index in [1.54, 1.807) is 20.8 Å². The summed E-state index contributed by atoms with van der Waals surface area (Å²) < 4.78 is 33.3. The molecular weight excluding hydrogens is 322 g/mol. The molecule has 24 heavy (non-hydrogen) atoms. The Morgan fingerprint density at radius 2 is 1.88 bits per heavy atom. The summed E-state index contributed by atoms with van der Waals surface area (Å²) in [6.45, 7) is 5.33. The fourth-order valence-electron chi connectivity index (χ4n) is 2.38. The van der Waals surface area contributed by atoms with Crippen molar-refractivity contribution in [3.63, 3.8) is 0 Å². The first-order chi connectivity index (χ1) is 11.1. The number of hydrogen-bond donors (Lipinski definition) is 2. The van der Waals surface area contributed by atoms with Crippen LogP contribution in [0, 0.1) is 17.6 Å². The van der Waals surface area contributed by atoms with E-state index in [2.05, 4.69) is 5.32 Å². The van der Waals surface area contributed by atoms with Gasteiger partial charge < -0.3 is 20.1 Å². The second-order valence-corrected chi connectivity index (χ2v) is 6.68. The van der Waals surface area contributed by atoms with Gasteiger partial charge in [-0.2, -0.15) is 0 Å². The van der Waals surface area contributed by atoms with Crippen LogP contribution < -0.4 is 10.1 Å². The second-order valence-electron chi connectivity index (χ2n) is 6.68. The molecule has 0 aliphatic carbocycles. The number of carboxylic acid groups (broad SMARTS) is 1. The van der Waals surface area contributed by atoms with Crippen molar-refractivity contribution in [2.75, 3.05) is 18.4 Å². The third kappa shape index (κ3) is 4.33. The van der Waals surface area contributed by atoms with Crippen molar-refractivity contribution < 1.29 is 28.2 Å². The van der Waals surface area contributed by atoms with Gasteiger partial charge in [0.15, 0.2) is 17.4 Å². The summed E-state index contributed by atoms with van der Waals surface area (Å²) >= 11 is 0. The Labute approximate surface area is 138 Å². The van der Waals surface area contributed by atoms with E-state index in [4.69, 9.17) is 9.84 Å². The average Bonchev–Trinajstić information content (AvgIpc) is 2.92. The number of carboxylic acids is 1. The number of hydrogen-bond acceptors (Lipinski definition) is 3. The molecule has 1 unspecified atom stereocenters. The van der Waals surface area contributed by atoms with E-state index < -0.39 is 40.9 Å². The zero-order valence-corrected chi connectivity index (χ0v) is 13.7. The molecule has 1 saturated heterocycles. The molecule has 1 heterocycles. The SMILES string of the molecule is CC(C)(C)Oc1c(F)cc(NC(=O)N2CCC(C(=O)O)C2)cc1F. The molecule has 2 N–H and O–H groups in total. The van der Waals surface area contributed by atoms with E-state index in [9.17, 15) is 18.4 Å². The second kappa shape index (κ2) is 6.62. The minimum atomic E-state index is -0.967. The van der Waals surface area contributed by atoms with Crippen LogP contribution in [0.3, 0.4) is 0 Å². The Morgan fingerprint density at radius 3 is 2.33 bits per heavy atom. The molecule has 1 aliphatic heterocycles. The predicted molar refractivity (Wildman–Crippen MR) is 83.1 cm³/mol. The van der Waals surface area contributed by atoms with Crippen molar-refractivity contribution in [2.24, 2.45) is 5.92 Å². The van der Waals surface area contributed by atoms with Crippen LogP contribution in [-0.2, 0) is 4.79 Å². The highest BCUT2D eigenvalue weighted by Crippen LogP contribution is 2.29. The standard InChI is InChI=1S/C16H20F2N2O4/c1-16(2,3)24-13-11(17)6-10(7-12(13)18)19-15(23)20-5-4-9(8-20)14(21)22/h6-7,9H,4-5,8H2,1-3H3,(H,19,23)(H,21,22). The third-order valence-corrected chi connectivity index (χ3v) is 3.48. The Balaban J connectivity index is 2.08. The number of aliphatic carboxylic acids is 1. The zero-order chi connectivity index (χ0) is 18.1. The number of carbonyl (C=O) groups excluding carboxylic acids is 1. The lowest BCUT2D eigenvalue weighted by Gasteiger charge is -2.22. The van der Waals surface area contributed by atoms with Gasteiger partial charge in [0.05, 0.1) is 5.92 Å². The number of amides is 2. The first-order valence-electron chi connectivity index (χ1n) is 7.53. The molecule has 1 fully saturated rings. The zero-order valence-electron chi connectivity index (χ0n) is 13.7. The number of ether oxygens (including phenoxy) is 1. The van der Waals surface area contributed by atoms with Crippen LogP contribution in [-0.4, -0.2) is 40.7 Å². The predicted octanol–water partition coefficient (Wildman–Crippen LogP) is 3.08. The molecule has 6 nitrogen and oxygen atoms in total. The molecular formula is C16H20F2N2O4. The highest BCUT2D eigenvalue weighted by molar-refractivity contribution is 5.90. The van der Waals surface area contributed by atoms with Gasteiger partial charge in [0.2, 0.25) is 0 Å². The largest absolute Gasteiger partial charge is 0.482 e. The molecule has 1 aliphatic rings. The summed E-state index contributed by atoms with van der Waals surface area (Å²) in [7, 11) is 0. The molecule has 8 heteroatoms. The minimum absolute atomic E-state index is 0.0602. The number of rotatable bonds is 3. The summed E-state index contributed by atoms with van der Waals surface area (Å²) in [5, 5.41) is 11.3. The van der Waals surface area contributed by atoms with Gasteiger partial charge in [0, 0.05) is 30.9 Å². The molecule has 132 valence electrons. The highest BCUT2D eigenvalue weighted by atomic mass is 19.1. The van der Waals surface area contributed by atoms with Gasteiger partial charge >= 0.3 is 12.0 Å². The van der Waals surface area contributed by atoms with E-state index in [-0.39, 0.29) is 18.8 Å². The van der Waals surface area contributed by atoms with Crippen LogP contribution in [0.25, 0.3) is 0 Å². The van der Waals surface area contributed by atoms with E-state index in [0.717, 1.165) is 12.1 Å². The quantitative estimate of drug-likeness (QED) is 0.885. The lowest BCUT2D eigenvalue weighted by atomic mass is 10.1. The molecule has 1 aromatic rings. The van der Waals surface area contributed by atoms with Crippen LogP contribution in [0.5, 0.6) is 5.75 Å². The number of nitrogens with zero attached hydrogens (tertiary/aromatic N) is 1. The third-order valence-electron chi connectivity index (χ3n) is 3.48. The average molecular weight is 342 g/mol. The lowest BCUT2D eigenvalue weighted by molar-refractivity contribution is -0.141. The lowest BCUT2D eigenvalue weighted by Crippen LogP contribution is -2.33. The fraction of sp³-hybridized carbons (Fsp3) is 0.500. The Bertz CT molecular complexity index is 635. The smallest absolute Gasteiger partial charge is 0.321 e. The topological polar surface area (TPSA) is 78.9 Å². The van der Waals surface area contributed by atoms with E-state index in [1.165, 1.54) is 4.90 Å². The molecule has 0 bridgehead atoms. The number of benzene rings is 1. The fourth-order valence-corrected chi connectivity index (χ4v) is 2.38. The summed E-state index contributed by atoms with van der Waals surface area (Å²) in [6, 6.07) is 1.33. The first kappa shape index (κ1) is 18.0. The Kier molecular flexibility index (Phi) is 4.96. The van der Waals surface area contributed by atoms with Crippen molar-refractivity contribution in [1.82, 2.24) is 4.90 Å². The van der Waals surface area contributed by atoms with E-state index >= 15 is 0 Å². The van der Waals surface area contributed by atoms with Crippen LogP contribution in [0.1, 0.15) is 27.2 Å². The number of nitrogens with one attached hydrogen (secondary N) is 1. The summed E-state index contributed by atoms with van der Waals surface area (Å²) in [6.07, 6.45) is 0.351. The maximum atomic E-state index is 14.0. The molecule has 0 spiro atoms. The monoisotopic (exact) mass is 342 g/mol. The number of anilines is 1. The molecule has 2 rings (SSSR count). The normalized spacial score (nSPS) is 17.7. The van der Waals surface area contributed by atoms with Crippen LogP contribution in [0.15, 0.2) is 12.1 Å². The number of carbonyl (C=O) groups is 2. The van der Waals surface area contributed by atoms with Crippen molar-refractivity contribution in [3.05, 3.63) is 23.8 Å². The number of likely N-dealkylation sites (tertiary alicyclic amines) is 1. The van der Waals surface area contributed by atoms with Crippen molar-refractivity contribution in [3.8, 4) is 5.75 Å². The molecule has 0 saturated carbocycles. The molecule has 1 aromatic carbocycles. The maximum absolute atomic E-state index is 14.0. The van der Waals surface area contributed by atoms with Crippen molar-refractivity contribution in [1.29, 1.82) is 0 Å². The van der Waals surface area contributed by atoms with E-state index in [1.807, 2.05) is 0 Å². The van der Waals surface area contributed by atoms with Crippen LogP contribution >= 0.6 is 0 Å². The first-order valence-corrected chi connectivity index (χ1v) is 7.53. The molecule has 2 amide bonds. The van der Waals surface area contributed by atoms with Crippen LogP contribution in [0.4, 0.5) is 19.3 Å². The van der Waals surface area contributed by atoms with Crippen molar-refractivity contribution >= 4 is 17.7 Å². The Hall–Kier alpha value is -2.38. The Morgan fingerprint density at radius 1 is 1.29 bits per heavy atom. The highest BCUT2D eigenvalue weighted by Gasteiger charge is 2.31. The van der Waals surface area contributed by atoms with Gasteiger partial charge in [0.1, 0.15) is 5.60 Å². The number of urea groups is 1. The number of halogens is 2. The molecule has 0 radical (unpaired) electrons. The summed E-state index contributed by atoms with van der Waals surface area (Å²) in [4.78, 5) is 24.3. The van der Waals surface area contributed by atoms with Crippen molar-refractivity contribution in [2.45, 2.75) is 32.8 Å². The van der Waals surface area contributed by atoms with E-state index in [0.29, 0.717) is 6.42 Å². The summed E-state index contributed by atoms with van der Waals surface area (Å²) in [5.74, 6) is -3.94. The molecule has 1 atom stereocenters.